The maximum atomic E-state index is 12.9. The van der Waals surface area contributed by atoms with Gasteiger partial charge in [0.25, 0.3) is 5.91 Å². The van der Waals surface area contributed by atoms with Gasteiger partial charge in [-0.05, 0) is 18.1 Å². The van der Waals surface area contributed by atoms with E-state index < -0.39 is 24.9 Å². The first-order chi connectivity index (χ1) is 15.3. The van der Waals surface area contributed by atoms with Crippen LogP contribution in [-0.4, -0.2) is 64.8 Å². The van der Waals surface area contributed by atoms with Crippen LogP contribution in [0, 0.1) is 0 Å². The van der Waals surface area contributed by atoms with E-state index in [1.165, 1.54) is 18.4 Å². The molecule has 1 atom stereocenters. The first kappa shape index (κ1) is 23.0. The maximum absolute atomic E-state index is 12.9. The molecule has 0 saturated heterocycles. The molecule has 168 valence electrons. The van der Waals surface area contributed by atoms with Gasteiger partial charge in [-0.25, -0.2) is 9.78 Å². The lowest BCUT2D eigenvalue weighted by Gasteiger charge is -2.28. The summed E-state index contributed by atoms with van der Waals surface area (Å²) >= 11 is 1.10. The van der Waals surface area contributed by atoms with Gasteiger partial charge < -0.3 is 36.0 Å². The molecule has 2 aromatic rings. The summed E-state index contributed by atoms with van der Waals surface area (Å²) in [5.41, 5.74) is 6.07. The van der Waals surface area contributed by atoms with Crippen LogP contribution in [0.1, 0.15) is 28.5 Å². The minimum Gasteiger partial charge on any atom is -0.534 e. The van der Waals surface area contributed by atoms with Crippen molar-refractivity contribution in [2.24, 2.45) is 5.16 Å². The Kier molecular flexibility index (Phi) is 7.27. The standard InChI is InChI=1S/C18H20BN5O7S/c1-9(25)21-5-6-30-24-14(12-8-32-18(20)22-12)16(26)23-13-7-10-3-2-4-11(17(27)28)15(10)31-19(13)29/h2-4,8,13,29H,5-7H2,1H3,(H2,20,22)(H,21,25)(H,23,26)(H,27,28)/b24-14-/t13-/m0/s1. The number of fused-ring (bicyclic) bond motifs is 1. The molecule has 1 aromatic carbocycles. The number of amides is 2. The fourth-order valence-electron chi connectivity index (χ4n) is 2.94. The van der Waals surface area contributed by atoms with Crippen molar-refractivity contribution in [2.45, 2.75) is 19.3 Å². The number of aromatic nitrogens is 1. The monoisotopic (exact) mass is 461 g/mol. The number of oxime groups is 1. The summed E-state index contributed by atoms with van der Waals surface area (Å²) < 4.78 is 5.38. The van der Waals surface area contributed by atoms with Crippen LogP contribution in [0.4, 0.5) is 5.13 Å². The van der Waals surface area contributed by atoms with E-state index in [0.29, 0.717) is 5.56 Å². The van der Waals surface area contributed by atoms with Gasteiger partial charge in [-0.3, -0.25) is 9.59 Å². The van der Waals surface area contributed by atoms with Crippen molar-refractivity contribution < 1.29 is 34.0 Å². The number of benzene rings is 1. The number of thiazole rings is 1. The number of hydrogen-bond donors (Lipinski definition) is 5. The highest BCUT2D eigenvalue weighted by atomic mass is 32.1. The number of nitrogens with zero attached hydrogens (tertiary/aromatic N) is 2. The minimum absolute atomic E-state index is 0.0104. The molecule has 12 nitrogen and oxygen atoms in total. The molecule has 2 heterocycles. The van der Waals surface area contributed by atoms with Crippen molar-refractivity contribution >= 4 is 47.1 Å². The number of nitrogen functional groups attached to an aromatic ring is 1. The Balaban J connectivity index is 1.75. The van der Waals surface area contributed by atoms with Crippen molar-refractivity contribution in [3.8, 4) is 5.75 Å². The molecular weight excluding hydrogens is 441 g/mol. The number of para-hydroxylation sites is 1. The molecule has 0 radical (unpaired) electrons. The van der Waals surface area contributed by atoms with Crippen LogP contribution < -0.4 is 21.0 Å². The topological polar surface area (TPSA) is 185 Å². The maximum Gasteiger partial charge on any atom is 0.547 e. The second kappa shape index (κ2) is 10.1. The Hall–Kier alpha value is -3.65. The molecule has 0 bridgehead atoms. The average Bonchev–Trinajstić information content (AvgIpc) is 3.16. The number of carboxylic acid groups (broad SMARTS) is 1. The van der Waals surface area contributed by atoms with Crippen molar-refractivity contribution in [1.82, 2.24) is 15.6 Å². The Morgan fingerprint density at radius 3 is 2.88 bits per heavy atom. The van der Waals surface area contributed by atoms with Crippen molar-refractivity contribution in [2.75, 3.05) is 18.9 Å². The zero-order valence-electron chi connectivity index (χ0n) is 16.9. The van der Waals surface area contributed by atoms with E-state index in [-0.39, 0.29) is 53.3 Å². The number of nitrogens with two attached hydrogens (primary N) is 1. The van der Waals surface area contributed by atoms with E-state index in [1.807, 2.05) is 0 Å². The molecular formula is C18H20BN5O7S. The van der Waals surface area contributed by atoms with Gasteiger partial charge in [-0.2, -0.15) is 0 Å². The Morgan fingerprint density at radius 2 is 2.22 bits per heavy atom. The fourth-order valence-corrected chi connectivity index (χ4v) is 3.48. The fraction of sp³-hybridized carbons (Fsp3) is 0.278. The van der Waals surface area contributed by atoms with Crippen LogP contribution >= 0.6 is 11.3 Å². The molecule has 1 aliphatic rings. The molecule has 3 rings (SSSR count). The number of carbonyl (C=O) groups excluding carboxylic acids is 2. The van der Waals surface area contributed by atoms with E-state index in [9.17, 15) is 24.5 Å². The third kappa shape index (κ3) is 5.53. The predicted octanol–water partition coefficient (Wildman–Crippen LogP) is -0.580. The summed E-state index contributed by atoms with van der Waals surface area (Å²) in [6.45, 7) is 1.55. The van der Waals surface area contributed by atoms with Gasteiger partial charge in [0.2, 0.25) is 5.91 Å². The van der Waals surface area contributed by atoms with E-state index in [1.54, 1.807) is 12.1 Å². The quantitative estimate of drug-likeness (QED) is 0.148. The third-order valence-electron chi connectivity index (χ3n) is 4.37. The highest BCUT2D eigenvalue weighted by molar-refractivity contribution is 7.13. The summed E-state index contributed by atoms with van der Waals surface area (Å²) in [6, 6.07) is 4.56. The van der Waals surface area contributed by atoms with E-state index in [0.717, 1.165) is 11.3 Å². The number of carbonyl (C=O) groups is 3. The van der Waals surface area contributed by atoms with Gasteiger partial charge in [0.1, 0.15) is 18.1 Å². The molecule has 0 fully saturated rings. The minimum atomic E-state index is -1.49. The summed E-state index contributed by atoms with van der Waals surface area (Å²) in [7, 11) is -1.49. The van der Waals surface area contributed by atoms with Gasteiger partial charge in [0, 0.05) is 12.3 Å². The van der Waals surface area contributed by atoms with Crippen molar-refractivity contribution in [1.29, 1.82) is 0 Å². The van der Waals surface area contributed by atoms with Gasteiger partial charge in [0.15, 0.2) is 10.8 Å². The van der Waals surface area contributed by atoms with E-state index in [2.05, 4.69) is 20.8 Å². The summed E-state index contributed by atoms with van der Waals surface area (Å²) in [4.78, 5) is 44.3. The molecule has 0 saturated carbocycles. The van der Waals surface area contributed by atoms with Crippen LogP contribution in [0.3, 0.4) is 0 Å². The molecule has 1 aliphatic heterocycles. The highest BCUT2D eigenvalue weighted by Crippen LogP contribution is 2.30. The number of rotatable bonds is 8. The number of hydrogen-bond acceptors (Lipinski definition) is 10. The highest BCUT2D eigenvalue weighted by Gasteiger charge is 2.38. The number of aromatic carboxylic acids is 1. The van der Waals surface area contributed by atoms with E-state index in [4.69, 9.17) is 15.2 Å². The molecule has 32 heavy (non-hydrogen) atoms. The second-order valence-corrected chi connectivity index (χ2v) is 7.61. The first-order valence-corrected chi connectivity index (χ1v) is 10.3. The molecule has 6 N–H and O–H groups in total. The number of anilines is 1. The van der Waals surface area contributed by atoms with Crippen molar-refractivity contribution in [3.63, 3.8) is 0 Å². The zero-order valence-corrected chi connectivity index (χ0v) is 17.7. The third-order valence-corrected chi connectivity index (χ3v) is 5.04. The van der Waals surface area contributed by atoms with Crippen LogP contribution in [0.2, 0.25) is 0 Å². The lowest BCUT2D eigenvalue weighted by atomic mass is 9.72. The number of nitrogens with one attached hydrogen (secondary N) is 2. The number of carboxylic acids is 1. The predicted molar refractivity (Wildman–Crippen MR) is 115 cm³/mol. The summed E-state index contributed by atoms with van der Waals surface area (Å²) in [6.07, 6.45) is 0.124. The second-order valence-electron chi connectivity index (χ2n) is 6.72. The van der Waals surface area contributed by atoms with Gasteiger partial charge >= 0.3 is 13.1 Å². The van der Waals surface area contributed by atoms with Gasteiger partial charge in [-0.15, -0.1) is 11.3 Å². The molecule has 1 aromatic heterocycles. The molecule has 0 unspecified atom stereocenters. The van der Waals surface area contributed by atoms with Crippen LogP contribution in [0.5, 0.6) is 5.75 Å². The smallest absolute Gasteiger partial charge is 0.534 e. The Bertz CT molecular complexity index is 1060. The van der Waals surface area contributed by atoms with E-state index >= 15 is 0 Å². The molecule has 2 amide bonds. The molecule has 14 heteroatoms. The van der Waals surface area contributed by atoms with Gasteiger partial charge in [-0.1, -0.05) is 17.3 Å². The normalized spacial score (nSPS) is 15.4. The van der Waals surface area contributed by atoms with Crippen molar-refractivity contribution in [3.05, 3.63) is 40.4 Å². The first-order valence-electron chi connectivity index (χ1n) is 9.42. The largest absolute Gasteiger partial charge is 0.547 e. The Labute approximate surface area is 186 Å². The summed E-state index contributed by atoms with van der Waals surface area (Å²) in [5.74, 6) is -2.97. The van der Waals surface area contributed by atoms with Gasteiger partial charge in [0.05, 0.1) is 18.0 Å². The summed E-state index contributed by atoms with van der Waals surface area (Å²) in [5, 5.41) is 30.3. The molecule has 0 aliphatic carbocycles. The lowest BCUT2D eigenvalue weighted by molar-refractivity contribution is -0.119. The molecule has 0 spiro atoms. The lowest BCUT2D eigenvalue weighted by Crippen LogP contribution is -2.54. The zero-order chi connectivity index (χ0) is 23.3. The SMILES string of the molecule is CC(=O)NCCO/N=C(\C(=O)N[C@H]1Cc2cccc(C(=O)O)c2OB1O)c1csc(N)n1. The van der Waals surface area contributed by atoms with Crippen LogP contribution in [-0.2, 0) is 20.8 Å². The van der Waals surface area contributed by atoms with Crippen LogP contribution in [0.15, 0.2) is 28.7 Å². The van der Waals surface area contributed by atoms with Crippen LogP contribution in [0.25, 0.3) is 0 Å². The average molecular weight is 461 g/mol. The Morgan fingerprint density at radius 1 is 1.44 bits per heavy atom.